The molecule has 3 nitrogen and oxygen atoms in total. The van der Waals surface area contributed by atoms with Gasteiger partial charge in [-0.05, 0) is 35.9 Å². The molecular formula is C16H16BrF2NO2. The largest absolute Gasteiger partial charge is 0.489 e. The van der Waals surface area contributed by atoms with Crippen molar-refractivity contribution in [2.24, 2.45) is 0 Å². The van der Waals surface area contributed by atoms with Crippen LogP contribution in [0.5, 0.6) is 5.75 Å². The van der Waals surface area contributed by atoms with Gasteiger partial charge < -0.3 is 15.2 Å². The second-order valence-corrected chi connectivity index (χ2v) is 5.61. The number of nitrogens with one attached hydrogen (secondary N) is 1. The second kappa shape index (κ2) is 8.22. The Bertz CT molecular complexity index is 638. The average Bonchev–Trinajstić information content (AvgIpc) is 2.50. The number of halogens is 3. The van der Waals surface area contributed by atoms with Crippen LogP contribution < -0.4 is 10.1 Å². The van der Waals surface area contributed by atoms with Crippen LogP contribution in [0, 0.1) is 11.6 Å². The van der Waals surface area contributed by atoms with Gasteiger partial charge in [-0.1, -0.05) is 22.0 Å². The normalized spacial score (nSPS) is 10.7. The van der Waals surface area contributed by atoms with Gasteiger partial charge in [-0.15, -0.1) is 0 Å². The van der Waals surface area contributed by atoms with E-state index in [9.17, 15) is 8.78 Å². The van der Waals surface area contributed by atoms with Gasteiger partial charge in [0, 0.05) is 23.1 Å². The Morgan fingerprint density at radius 3 is 2.64 bits per heavy atom. The number of hydrogen-bond acceptors (Lipinski definition) is 3. The van der Waals surface area contributed by atoms with Crippen LogP contribution in [0.4, 0.5) is 8.78 Å². The van der Waals surface area contributed by atoms with E-state index < -0.39 is 11.6 Å². The molecule has 0 fully saturated rings. The van der Waals surface area contributed by atoms with Crippen LogP contribution in [0.25, 0.3) is 0 Å². The van der Waals surface area contributed by atoms with Gasteiger partial charge in [0.05, 0.1) is 6.61 Å². The van der Waals surface area contributed by atoms with Crippen molar-refractivity contribution in [1.82, 2.24) is 5.32 Å². The molecule has 0 aliphatic heterocycles. The molecule has 0 saturated heterocycles. The Balaban J connectivity index is 2.06. The van der Waals surface area contributed by atoms with E-state index in [0.717, 1.165) is 22.2 Å². The lowest BCUT2D eigenvalue weighted by molar-refractivity contribution is 0.287. The molecule has 0 aromatic heterocycles. The minimum Gasteiger partial charge on any atom is -0.489 e. The molecule has 0 radical (unpaired) electrons. The van der Waals surface area contributed by atoms with Crippen molar-refractivity contribution in [1.29, 1.82) is 0 Å². The summed E-state index contributed by atoms with van der Waals surface area (Å²) >= 11 is 3.39. The molecule has 0 amide bonds. The van der Waals surface area contributed by atoms with E-state index in [1.54, 1.807) is 6.07 Å². The molecule has 0 saturated carbocycles. The summed E-state index contributed by atoms with van der Waals surface area (Å²) in [6.07, 6.45) is 0. The number of benzene rings is 2. The second-order valence-electron chi connectivity index (χ2n) is 4.69. The van der Waals surface area contributed by atoms with E-state index in [1.807, 2.05) is 12.1 Å². The van der Waals surface area contributed by atoms with E-state index in [4.69, 9.17) is 9.84 Å². The van der Waals surface area contributed by atoms with Crippen LogP contribution >= 0.6 is 15.9 Å². The molecule has 0 bridgehead atoms. The smallest absolute Gasteiger partial charge is 0.159 e. The number of aliphatic hydroxyl groups excluding tert-OH is 1. The maximum Gasteiger partial charge on any atom is 0.159 e. The first-order valence-electron chi connectivity index (χ1n) is 6.77. The quantitative estimate of drug-likeness (QED) is 0.733. The minimum atomic E-state index is -0.887. The molecule has 0 aliphatic carbocycles. The van der Waals surface area contributed by atoms with Crippen LogP contribution in [0.15, 0.2) is 40.9 Å². The van der Waals surface area contributed by atoms with Crippen LogP contribution in [-0.4, -0.2) is 18.3 Å². The first-order valence-corrected chi connectivity index (χ1v) is 7.56. The molecule has 0 atom stereocenters. The van der Waals surface area contributed by atoms with Gasteiger partial charge in [0.15, 0.2) is 11.6 Å². The molecule has 118 valence electrons. The molecule has 0 spiro atoms. The zero-order valence-corrected chi connectivity index (χ0v) is 13.4. The summed E-state index contributed by atoms with van der Waals surface area (Å²) in [6, 6.07) is 9.25. The van der Waals surface area contributed by atoms with Gasteiger partial charge in [-0.25, -0.2) is 8.78 Å². The number of ether oxygens (including phenoxy) is 1. The van der Waals surface area contributed by atoms with Crippen LogP contribution in [-0.2, 0) is 13.2 Å². The maximum absolute atomic E-state index is 13.2. The van der Waals surface area contributed by atoms with Gasteiger partial charge in [-0.2, -0.15) is 0 Å². The summed E-state index contributed by atoms with van der Waals surface area (Å²) in [5, 5.41) is 11.9. The summed E-state index contributed by atoms with van der Waals surface area (Å²) in [6.45, 7) is 1.22. The highest BCUT2D eigenvalue weighted by Crippen LogP contribution is 2.24. The molecule has 22 heavy (non-hydrogen) atoms. The highest BCUT2D eigenvalue weighted by molar-refractivity contribution is 9.10. The summed E-state index contributed by atoms with van der Waals surface area (Å²) in [5.74, 6) is -1.11. The van der Waals surface area contributed by atoms with Crippen molar-refractivity contribution >= 4 is 15.9 Å². The van der Waals surface area contributed by atoms with Gasteiger partial charge in [0.1, 0.15) is 12.4 Å². The molecule has 2 N–H and O–H groups in total. The lowest BCUT2D eigenvalue weighted by Gasteiger charge is -2.13. The third-order valence-corrected chi connectivity index (χ3v) is 3.50. The van der Waals surface area contributed by atoms with E-state index in [1.165, 1.54) is 6.07 Å². The standard InChI is InChI=1S/C16H16BrF2NO2/c17-13-2-4-16(12(8-13)9-20-5-6-21)22-10-11-1-3-14(18)15(19)7-11/h1-4,7-8,20-21H,5-6,9-10H2. The number of rotatable bonds is 7. The van der Waals surface area contributed by atoms with E-state index in [-0.39, 0.29) is 13.2 Å². The Morgan fingerprint density at radius 1 is 1.09 bits per heavy atom. The van der Waals surface area contributed by atoms with Crippen molar-refractivity contribution in [3.63, 3.8) is 0 Å². The fourth-order valence-corrected chi connectivity index (χ4v) is 2.33. The predicted octanol–water partition coefficient (Wildman–Crippen LogP) is 3.39. The van der Waals surface area contributed by atoms with Gasteiger partial charge in [0.2, 0.25) is 0 Å². The summed E-state index contributed by atoms with van der Waals surface area (Å²) in [5.41, 5.74) is 1.46. The van der Waals surface area contributed by atoms with E-state index in [2.05, 4.69) is 21.2 Å². The van der Waals surface area contributed by atoms with Crippen molar-refractivity contribution < 1.29 is 18.6 Å². The third-order valence-electron chi connectivity index (χ3n) is 3.00. The molecular weight excluding hydrogens is 356 g/mol. The first kappa shape index (κ1) is 16.9. The SMILES string of the molecule is OCCNCc1cc(Br)ccc1OCc1ccc(F)c(F)c1. The molecule has 2 rings (SSSR count). The Labute approximate surface area is 136 Å². The topological polar surface area (TPSA) is 41.5 Å². The van der Waals surface area contributed by atoms with Crippen LogP contribution in [0.1, 0.15) is 11.1 Å². The third kappa shape index (κ3) is 4.76. The molecule has 2 aromatic carbocycles. The Kier molecular flexibility index (Phi) is 6.30. The number of aliphatic hydroxyl groups is 1. The zero-order valence-electron chi connectivity index (χ0n) is 11.8. The van der Waals surface area contributed by atoms with Crippen molar-refractivity contribution in [2.75, 3.05) is 13.2 Å². The van der Waals surface area contributed by atoms with Gasteiger partial charge in [0.25, 0.3) is 0 Å². The summed E-state index contributed by atoms with van der Waals surface area (Å²) in [4.78, 5) is 0. The first-order chi connectivity index (χ1) is 10.6. The van der Waals surface area contributed by atoms with E-state index >= 15 is 0 Å². The lowest BCUT2D eigenvalue weighted by Crippen LogP contribution is -2.18. The maximum atomic E-state index is 13.2. The molecule has 6 heteroatoms. The van der Waals surface area contributed by atoms with Crippen LogP contribution in [0.3, 0.4) is 0 Å². The molecule has 0 unspecified atom stereocenters. The van der Waals surface area contributed by atoms with Crippen molar-refractivity contribution in [2.45, 2.75) is 13.2 Å². The highest BCUT2D eigenvalue weighted by atomic mass is 79.9. The summed E-state index contributed by atoms with van der Waals surface area (Å²) in [7, 11) is 0. The highest BCUT2D eigenvalue weighted by Gasteiger charge is 2.07. The zero-order chi connectivity index (χ0) is 15.9. The Morgan fingerprint density at radius 2 is 1.91 bits per heavy atom. The predicted molar refractivity (Wildman–Crippen MR) is 83.6 cm³/mol. The molecule has 2 aromatic rings. The fraction of sp³-hybridized carbons (Fsp3) is 0.250. The summed E-state index contributed by atoms with van der Waals surface area (Å²) < 4.78 is 32.7. The van der Waals surface area contributed by atoms with E-state index in [0.29, 0.717) is 24.4 Å². The molecule has 0 aliphatic rings. The molecule has 0 heterocycles. The van der Waals surface area contributed by atoms with Crippen LogP contribution in [0.2, 0.25) is 0 Å². The van der Waals surface area contributed by atoms with Gasteiger partial charge >= 0.3 is 0 Å². The van der Waals surface area contributed by atoms with Crippen molar-refractivity contribution in [3.05, 3.63) is 63.6 Å². The Hall–Kier alpha value is -1.50. The minimum absolute atomic E-state index is 0.0546. The lowest BCUT2D eigenvalue weighted by atomic mass is 10.2. The number of hydrogen-bond donors (Lipinski definition) is 2. The van der Waals surface area contributed by atoms with Gasteiger partial charge in [-0.3, -0.25) is 0 Å². The van der Waals surface area contributed by atoms with Crippen molar-refractivity contribution in [3.8, 4) is 5.75 Å². The average molecular weight is 372 g/mol. The fourth-order valence-electron chi connectivity index (χ4n) is 1.92. The monoisotopic (exact) mass is 371 g/mol.